The summed E-state index contributed by atoms with van der Waals surface area (Å²) in [4.78, 5) is 0. The van der Waals surface area contributed by atoms with E-state index in [0.717, 1.165) is 0 Å². The second-order valence-electron chi connectivity index (χ2n) is 2.70. The normalized spacial score (nSPS) is 10.4. The van der Waals surface area contributed by atoms with Crippen molar-refractivity contribution < 1.29 is 17.9 Å². The molecule has 0 aromatic heterocycles. The quantitative estimate of drug-likeness (QED) is 0.761. The highest BCUT2D eigenvalue weighted by atomic mass is 19.2. The minimum Gasteiger partial charge on any atom is -0.493 e. The van der Waals surface area contributed by atoms with E-state index >= 15 is 0 Å². The maximum Gasteiger partial charge on any atom is 0.168 e. The van der Waals surface area contributed by atoms with E-state index in [1.54, 1.807) is 0 Å². The van der Waals surface area contributed by atoms with Gasteiger partial charge in [0.1, 0.15) is 0 Å². The van der Waals surface area contributed by atoms with Crippen molar-refractivity contribution in [3.8, 4) is 5.75 Å². The van der Waals surface area contributed by atoms with Crippen molar-refractivity contribution in [2.24, 2.45) is 5.73 Å². The molecule has 0 fully saturated rings. The van der Waals surface area contributed by atoms with Gasteiger partial charge in [0.25, 0.3) is 0 Å². The van der Waals surface area contributed by atoms with Crippen LogP contribution in [0.3, 0.4) is 0 Å². The van der Waals surface area contributed by atoms with Gasteiger partial charge in [-0.05, 0) is 13.0 Å². The summed E-state index contributed by atoms with van der Waals surface area (Å²) < 4.78 is 43.6. The number of ether oxygens (including phenoxy) is 1. The lowest BCUT2D eigenvalue weighted by molar-refractivity contribution is 0.368. The molecule has 14 heavy (non-hydrogen) atoms. The van der Waals surface area contributed by atoms with Gasteiger partial charge in [0.2, 0.25) is 0 Å². The molecule has 1 aromatic rings. The fourth-order valence-electron chi connectivity index (χ4n) is 1.22. The zero-order valence-corrected chi connectivity index (χ0v) is 7.61. The lowest BCUT2D eigenvalue weighted by Crippen LogP contribution is -2.09. The van der Waals surface area contributed by atoms with Gasteiger partial charge < -0.3 is 10.5 Å². The second-order valence-corrected chi connectivity index (χ2v) is 2.70. The van der Waals surface area contributed by atoms with Gasteiger partial charge in [-0.3, -0.25) is 0 Å². The van der Waals surface area contributed by atoms with Crippen LogP contribution in [0.1, 0.15) is 5.56 Å². The summed E-state index contributed by atoms with van der Waals surface area (Å²) in [6.07, 6.45) is 0.0314. The molecule has 0 aliphatic carbocycles. The molecule has 0 aliphatic rings. The predicted molar refractivity (Wildman–Crippen MR) is 45.6 cm³/mol. The van der Waals surface area contributed by atoms with Crippen LogP contribution in [0.2, 0.25) is 0 Å². The monoisotopic (exact) mass is 205 g/mol. The van der Waals surface area contributed by atoms with Gasteiger partial charge in [0.05, 0.1) is 7.11 Å². The van der Waals surface area contributed by atoms with Gasteiger partial charge in [0, 0.05) is 11.6 Å². The fraction of sp³-hybridized carbons (Fsp3) is 0.333. The van der Waals surface area contributed by atoms with Crippen LogP contribution >= 0.6 is 0 Å². The van der Waals surface area contributed by atoms with Crippen molar-refractivity contribution in [3.05, 3.63) is 29.1 Å². The molecule has 0 spiro atoms. The molecule has 5 heteroatoms. The summed E-state index contributed by atoms with van der Waals surface area (Å²) in [5.41, 5.74) is 5.03. The minimum absolute atomic E-state index is 0.0314. The first-order chi connectivity index (χ1) is 6.61. The summed E-state index contributed by atoms with van der Waals surface area (Å²) in [6, 6.07) is 0.453. The Hall–Kier alpha value is -1.23. The van der Waals surface area contributed by atoms with Gasteiger partial charge in [-0.2, -0.15) is 0 Å². The van der Waals surface area contributed by atoms with Crippen molar-refractivity contribution in [2.75, 3.05) is 13.7 Å². The molecule has 2 nitrogen and oxygen atoms in total. The van der Waals surface area contributed by atoms with E-state index < -0.39 is 17.5 Å². The Balaban J connectivity index is 3.32. The first-order valence-electron chi connectivity index (χ1n) is 4.02. The molecule has 0 radical (unpaired) electrons. The smallest absolute Gasteiger partial charge is 0.168 e. The van der Waals surface area contributed by atoms with Crippen LogP contribution in [0.5, 0.6) is 5.75 Å². The zero-order valence-electron chi connectivity index (χ0n) is 7.61. The molecule has 1 rings (SSSR count). The van der Waals surface area contributed by atoms with Crippen molar-refractivity contribution in [2.45, 2.75) is 6.42 Å². The summed E-state index contributed by atoms with van der Waals surface area (Å²) in [7, 11) is 1.19. The van der Waals surface area contributed by atoms with Crippen LogP contribution in [-0.2, 0) is 6.42 Å². The molecule has 0 heterocycles. The van der Waals surface area contributed by atoms with Crippen LogP contribution in [0.15, 0.2) is 6.07 Å². The first-order valence-corrected chi connectivity index (χ1v) is 4.02. The third kappa shape index (κ3) is 1.82. The molecule has 0 saturated heterocycles. The van der Waals surface area contributed by atoms with Crippen LogP contribution in [0.25, 0.3) is 0 Å². The molecule has 0 saturated carbocycles. The third-order valence-electron chi connectivity index (χ3n) is 1.82. The van der Waals surface area contributed by atoms with E-state index in [1.165, 1.54) is 7.11 Å². The van der Waals surface area contributed by atoms with Gasteiger partial charge in [-0.25, -0.2) is 13.2 Å². The fourth-order valence-corrected chi connectivity index (χ4v) is 1.22. The number of methoxy groups -OCH3 is 1. The maximum absolute atomic E-state index is 13.1. The van der Waals surface area contributed by atoms with E-state index in [4.69, 9.17) is 5.73 Å². The van der Waals surface area contributed by atoms with Crippen LogP contribution in [-0.4, -0.2) is 13.7 Å². The molecular weight excluding hydrogens is 195 g/mol. The topological polar surface area (TPSA) is 35.2 Å². The third-order valence-corrected chi connectivity index (χ3v) is 1.82. The van der Waals surface area contributed by atoms with Gasteiger partial charge in [0.15, 0.2) is 23.2 Å². The Bertz CT molecular complexity index is 341. The Morgan fingerprint density at radius 3 is 2.43 bits per heavy atom. The molecule has 0 aliphatic heterocycles. The highest BCUT2D eigenvalue weighted by Gasteiger charge is 2.18. The lowest BCUT2D eigenvalue weighted by atomic mass is 10.1. The first kappa shape index (κ1) is 10.8. The average molecular weight is 205 g/mol. The summed E-state index contributed by atoms with van der Waals surface area (Å²) in [6.45, 7) is 0.0934. The molecule has 78 valence electrons. The number of hydrogen-bond donors (Lipinski definition) is 1. The van der Waals surface area contributed by atoms with Gasteiger partial charge in [-0.15, -0.1) is 0 Å². The molecule has 0 unspecified atom stereocenters. The Kier molecular flexibility index (Phi) is 3.35. The molecule has 0 atom stereocenters. The SMILES string of the molecule is COc1c(F)cc(F)c(F)c1CCN. The lowest BCUT2D eigenvalue weighted by Gasteiger charge is -2.10. The number of rotatable bonds is 3. The Morgan fingerprint density at radius 2 is 1.93 bits per heavy atom. The van der Waals surface area contributed by atoms with E-state index in [2.05, 4.69) is 4.74 Å². The number of hydrogen-bond acceptors (Lipinski definition) is 2. The van der Waals surface area contributed by atoms with E-state index in [-0.39, 0.29) is 24.3 Å². The summed E-state index contributed by atoms with van der Waals surface area (Å²) in [5.74, 6) is -3.54. The number of halogens is 3. The highest BCUT2D eigenvalue weighted by Crippen LogP contribution is 2.27. The average Bonchev–Trinajstić information content (AvgIpc) is 2.14. The van der Waals surface area contributed by atoms with Crippen LogP contribution in [0.4, 0.5) is 13.2 Å². The van der Waals surface area contributed by atoms with E-state index in [0.29, 0.717) is 6.07 Å². The molecule has 0 amide bonds. The number of nitrogens with two attached hydrogens (primary N) is 1. The molecule has 0 bridgehead atoms. The van der Waals surface area contributed by atoms with Gasteiger partial charge in [-0.1, -0.05) is 0 Å². The molecule has 2 N–H and O–H groups in total. The molecular formula is C9H10F3NO. The van der Waals surface area contributed by atoms with E-state index in [1.807, 2.05) is 0 Å². The van der Waals surface area contributed by atoms with E-state index in [9.17, 15) is 13.2 Å². The van der Waals surface area contributed by atoms with Crippen LogP contribution in [0, 0.1) is 17.5 Å². The standard InChI is InChI=1S/C9H10F3NO/c1-14-9-5(2-3-13)8(12)6(10)4-7(9)11/h4H,2-3,13H2,1H3. The van der Waals surface area contributed by atoms with Crippen molar-refractivity contribution in [3.63, 3.8) is 0 Å². The van der Waals surface area contributed by atoms with Crippen molar-refractivity contribution in [1.29, 1.82) is 0 Å². The molecule has 1 aromatic carbocycles. The zero-order chi connectivity index (χ0) is 10.7. The maximum atomic E-state index is 13.1. The van der Waals surface area contributed by atoms with Crippen LogP contribution < -0.4 is 10.5 Å². The Labute approximate surface area is 79.5 Å². The summed E-state index contributed by atoms with van der Waals surface area (Å²) >= 11 is 0. The largest absolute Gasteiger partial charge is 0.493 e. The predicted octanol–water partition coefficient (Wildman–Crippen LogP) is 1.61. The number of benzene rings is 1. The second kappa shape index (κ2) is 4.32. The minimum atomic E-state index is -1.23. The Morgan fingerprint density at radius 1 is 1.29 bits per heavy atom. The van der Waals surface area contributed by atoms with Crippen molar-refractivity contribution in [1.82, 2.24) is 0 Å². The van der Waals surface area contributed by atoms with Crippen molar-refractivity contribution >= 4 is 0 Å². The summed E-state index contributed by atoms with van der Waals surface area (Å²) in [5, 5.41) is 0. The highest BCUT2D eigenvalue weighted by molar-refractivity contribution is 5.37. The van der Waals surface area contributed by atoms with Gasteiger partial charge >= 0.3 is 0 Å².